The van der Waals surface area contributed by atoms with Crippen LogP contribution in [-0.4, -0.2) is 79.4 Å². The molecule has 0 bridgehead atoms. The molecule has 1 saturated carbocycles. The normalized spacial score (nSPS) is 27.1. The van der Waals surface area contributed by atoms with E-state index in [-0.39, 0.29) is 11.4 Å². The number of nitrogens with one attached hydrogen (secondary N) is 1. The van der Waals surface area contributed by atoms with Gasteiger partial charge in [0.05, 0.1) is 19.1 Å². The number of amides is 2. The molecule has 0 aromatic carbocycles. The molecule has 2 amide bonds. The van der Waals surface area contributed by atoms with E-state index in [4.69, 9.17) is 4.74 Å². The quantitative estimate of drug-likeness (QED) is 0.774. The maximum atomic E-state index is 12.6. The number of hydrogen-bond donors (Lipinski definition) is 2. The molecule has 0 radical (unpaired) electrons. The minimum atomic E-state index is -0.793. The highest BCUT2D eigenvalue weighted by Gasteiger charge is 2.36. The Hall–Kier alpha value is -1.34. The number of ether oxygens (including phenoxy) is 1. The van der Waals surface area contributed by atoms with Gasteiger partial charge in [0.15, 0.2) is 0 Å². The van der Waals surface area contributed by atoms with Gasteiger partial charge < -0.3 is 20.1 Å². The summed E-state index contributed by atoms with van der Waals surface area (Å²) < 4.78 is 5.46. The van der Waals surface area contributed by atoms with Crippen molar-refractivity contribution >= 4 is 12.0 Å². The molecule has 0 spiro atoms. The van der Waals surface area contributed by atoms with Gasteiger partial charge in [0.2, 0.25) is 0 Å². The van der Waals surface area contributed by atoms with Crippen LogP contribution in [0.25, 0.3) is 0 Å². The summed E-state index contributed by atoms with van der Waals surface area (Å²) in [6.45, 7) is 6.25. The average Bonchev–Trinajstić information content (AvgIpc) is 2.68. The molecule has 1 unspecified atom stereocenters. The van der Waals surface area contributed by atoms with E-state index in [0.29, 0.717) is 26.1 Å². The number of urea groups is 1. The van der Waals surface area contributed by atoms with E-state index in [9.17, 15) is 14.7 Å². The molecule has 2 heterocycles. The zero-order valence-electron chi connectivity index (χ0n) is 15.8. The zero-order valence-corrected chi connectivity index (χ0v) is 15.8. The number of nitrogens with zero attached hydrogens (tertiary/aromatic N) is 2. The fourth-order valence-corrected chi connectivity index (χ4v) is 4.66. The number of likely N-dealkylation sites (tertiary alicyclic amines) is 1. The predicted molar refractivity (Wildman–Crippen MR) is 98.1 cm³/mol. The van der Waals surface area contributed by atoms with Gasteiger partial charge in [-0.2, -0.15) is 0 Å². The summed E-state index contributed by atoms with van der Waals surface area (Å²) in [6, 6.07) is -0.0946. The standard InChI is InChI=1S/C19H33N3O4/c23-17(24)16-5-4-8-22(13-16)18(25)20-14-19(6-2-1-3-7-19)15-21-9-11-26-12-10-21/h16H,1-15H2,(H,20,25)(H,23,24). The van der Waals surface area contributed by atoms with Gasteiger partial charge in [0.1, 0.15) is 0 Å². The van der Waals surface area contributed by atoms with E-state index in [0.717, 1.165) is 52.1 Å². The Labute approximate surface area is 156 Å². The van der Waals surface area contributed by atoms with E-state index < -0.39 is 11.9 Å². The number of morpholine rings is 1. The number of hydrogen-bond acceptors (Lipinski definition) is 4. The summed E-state index contributed by atoms with van der Waals surface area (Å²) in [7, 11) is 0. The maximum absolute atomic E-state index is 12.6. The van der Waals surface area contributed by atoms with E-state index >= 15 is 0 Å². The Kier molecular flexibility index (Phi) is 6.75. The number of rotatable bonds is 5. The predicted octanol–water partition coefficient (Wildman–Crippen LogP) is 1.78. The van der Waals surface area contributed by atoms with Crippen LogP contribution in [0.1, 0.15) is 44.9 Å². The Morgan fingerprint density at radius 2 is 1.81 bits per heavy atom. The smallest absolute Gasteiger partial charge is 0.317 e. The molecule has 1 atom stereocenters. The highest BCUT2D eigenvalue weighted by Crippen LogP contribution is 2.37. The van der Waals surface area contributed by atoms with E-state index in [1.54, 1.807) is 4.90 Å². The van der Waals surface area contributed by atoms with Gasteiger partial charge in [-0.1, -0.05) is 19.3 Å². The van der Waals surface area contributed by atoms with E-state index in [1.165, 1.54) is 19.3 Å². The van der Waals surface area contributed by atoms with Crippen molar-refractivity contribution in [3.8, 4) is 0 Å². The van der Waals surface area contributed by atoms with Crippen molar-refractivity contribution in [2.45, 2.75) is 44.9 Å². The summed E-state index contributed by atoms with van der Waals surface area (Å²) in [5.41, 5.74) is 0.146. The second-order valence-electron chi connectivity index (χ2n) is 8.23. The molecular formula is C19H33N3O4. The Balaban J connectivity index is 1.54. The van der Waals surface area contributed by atoms with Crippen LogP contribution in [0.5, 0.6) is 0 Å². The van der Waals surface area contributed by atoms with Crippen molar-refractivity contribution in [3.05, 3.63) is 0 Å². The number of carboxylic acids is 1. The monoisotopic (exact) mass is 367 g/mol. The number of piperidine rings is 1. The first kappa shape index (κ1) is 19.4. The van der Waals surface area contributed by atoms with Crippen LogP contribution in [0, 0.1) is 11.3 Å². The SMILES string of the molecule is O=C(O)C1CCCN(C(=O)NCC2(CN3CCOCC3)CCCCC2)C1. The first-order chi connectivity index (χ1) is 12.6. The molecule has 0 aromatic heterocycles. The summed E-state index contributed by atoms with van der Waals surface area (Å²) >= 11 is 0. The highest BCUT2D eigenvalue weighted by molar-refractivity contribution is 5.76. The Bertz CT molecular complexity index is 487. The Morgan fingerprint density at radius 3 is 2.50 bits per heavy atom. The second kappa shape index (κ2) is 9.04. The summed E-state index contributed by atoms with van der Waals surface area (Å²) in [6.07, 6.45) is 7.48. The van der Waals surface area contributed by atoms with Crippen LogP contribution in [0.2, 0.25) is 0 Å². The third-order valence-corrected chi connectivity index (χ3v) is 6.25. The lowest BCUT2D eigenvalue weighted by atomic mass is 9.73. The molecule has 2 N–H and O–H groups in total. The zero-order chi connectivity index (χ0) is 18.4. The third kappa shape index (κ3) is 5.10. The molecule has 0 aromatic rings. The summed E-state index contributed by atoms with van der Waals surface area (Å²) in [5, 5.41) is 12.4. The lowest BCUT2D eigenvalue weighted by molar-refractivity contribution is -0.143. The van der Waals surface area contributed by atoms with Crippen LogP contribution in [0.4, 0.5) is 4.79 Å². The van der Waals surface area contributed by atoms with Gasteiger partial charge in [-0.25, -0.2) is 4.79 Å². The first-order valence-corrected chi connectivity index (χ1v) is 10.1. The molecule has 2 saturated heterocycles. The highest BCUT2D eigenvalue weighted by atomic mass is 16.5. The molecule has 26 heavy (non-hydrogen) atoms. The third-order valence-electron chi connectivity index (χ3n) is 6.25. The van der Waals surface area contributed by atoms with Gasteiger partial charge >= 0.3 is 12.0 Å². The van der Waals surface area contributed by atoms with Crippen molar-refractivity contribution in [2.24, 2.45) is 11.3 Å². The van der Waals surface area contributed by atoms with Crippen LogP contribution in [-0.2, 0) is 9.53 Å². The van der Waals surface area contributed by atoms with Crippen molar-refractivity contribution in [2.75, 3.05) is 52.5 Å². The van der Waals surface area contributed by atoms with Crippen molar-refractivity contribution in [3.63, 3.8) is 0 Å². The fourth-order valence-electron chi connectivity index (χ4n) is 4.66. The van der Waals surface area contributed by atoms with Crippen LogP contribution >= 0.6 is 0 Å². The van der Waals surface area contributed by atoms with Gasteiger partial charge in [0, 0.05) is 44.7 Å². The molecule has 1 aliphatic carbocycles. The van der Waals surface area contributed by atoms with Crippen LogP contribution < -0.4 is 5.32 Å². The number of carbonyl (C=O) groups is 2. The number of carbonyl (C=O) groups excluding carboxylic acids is 1. The van der Waals surface area contributed by atoms with Crippen molar-refractivity contribution < 1.29 is 19.4 Å². The van der Waals surface area contributed by atoms with Gasteiger partial charge in [0.25, 0.3) is 0 Å². The summed E-state index contributed by atoms with van der Waals surface area (Å²) in [4.78, 5) is 28.0. The van der Waals surface area contributed by atoms with Gasteiger partial charge in [-0.05, 0) is 25.7 Å². The Morgan fingerprint density at radius 1 is 1.08 bits per heavy atom. The molecule has 2 aliphatic heterocycles. The lowest BCUT2D eigenvalue weighted by Crippen LogP contribution is -2.53. The molecular weight excluding hydrogens is 334 g/mol. The van der Waals surface area contributed by atoms with E-state index in [1.807, 2.05) is 0 Å². The second-order valence-corrected chi connectivity index (χ2v) is 8.23. The first-order valence-electron chi connectivity index (χ1n) is 10.1. The molecule has 3 rings (SSSR count). The fraction of sp³-hybridized carbons (Fsp3) is 0.895. The minimum Gasteiger partial charge on any atom is -0.481 e. The number of aliphatic carboxylic acids is 1. The van der Waals surface area contributed by atoms with E-state index in [2.05, 4.69) is 10.2 Å². The van der Waals surface area contributed by atoms with Gasteiger partial charge in [-0.3, -0.25) is 9.69 Å². The largest absolute Gasteiger partial charge is 0.481 e. The number of carboxylic acid groups (broad SMARTS) is 1. The molecule has 7 nitrogen and oxygen atoms in total. The molecule has 3 aliphatic rings. The minimum absolute atomic E-state index is 0.0946. The molecule has 148 valence electrons. The lowest BCUT2D eigenvalue weighted by Gasteiger charge is -2.43. The van der Waals surface area contributed by atoms with Crippen molar-refractivity contribution in [1.82, 2.24) is 15.1 Å². The van der Waals surface area contributed by atoms with Crippen molar-refractivity contribution in [1.29, 1.82) is 0 Å². The molecule has 7 heteroatoms. The summed E-state index contributed by atoms with van der Waals surface area (Å²) in [5.74, 6) is -1.22. The van der Waals surface area contributed by atoms with Crippen LogP contribution in [0.3, 0.4) is 0 Å². The average molecular weight is 367 g/mol. The van der Waals surface area contributed by atoms with Crippen LogP contribution in [0.15, 0.2) is 0 Å². The van der Waals surface area contributed by atoms with Gasteiger partial charge in [-0.15, -0.1) is 0 Å². The molecule has 3 fully saturated rings. The topological polar surface area (TPSA) is 82.1 Å². The maximum Gasteiger partial charge on any atom is 0.317 e.